The molecule has 114 valence electrons. The predicted molar refractivity (Wildman–Crippen MR) is 88.7 cm³/mol. The van der Waals surface area contributed by atoms with Gasteiger partial charge in [0.1, 0.15) is 10.6 Å². The van der Waals surface area contributed by atoms with Crippen LogP contribution in [0.5, 0.6) is 0 Å². The van der Waals surface area contributed by atoms with Gasteiger partial charge in [-0.3, -0.25) is 14.6 Å². The molecule has 2 heterocycles. The van der Waals surface area contributed by atoms with Crippen LogP contribution in [-0.2, 0) is 0 Å². The first-order chi connectivity index (χ1) is 11.2. The van der Waals surface area contributed by atoms with E-state index in [0.717, 1.165) is 0 Å². The summed E-state index contributed by atoms with van der Waals surface area (Å²) in [5.41, 5.74) is 1.32. The van der Waals surface area contributed by atoms with Gasteiger partial charge in [-0.2, -0.15) is 0 Å². The van der Waals surface area contributed by atoms with Crippen molar-refractivity contribution >= 4 is 34.5 Å². The number of para-hydroxylation sites is 1. The molecule has 1 aromatic carbocycles. The van der Waals surface area contributed by atoms with Gasteiger partial charge >= 0.3 is 0 Å². The molecule has 7 heteroatoms. The molecule has 0 saturated carbocycles. The predicted octanol–water partition coefficient (Wildman–Crippen LogP) is 3.04. The fourth-order valence-electron chi connectivity index (χ4n) is 1.90. The minimum atomic E-state index is -0.412. The van der Waals surface area contributed by atoms with Gasteiger partial charge < -0.3 is 10.6 Å². The second-order valence-electron chi connectivity index (χ2n) is 4.53. The van der Waals surface area contributed by atoms with Gasteiger partial charge in [-0.15, -0.1) is 11.3 Å². The lowest BCUT2D eigenvalue weighted by Gasteiger charge is -2.07. The van der Waals surface area contributed by atoms with E-state index in [2.05, 4.69) is 20.6 Å². The smallest absolute Gasteiger partial charge is 0.275 e. The summed E-state index contributed by atoms with van der Waals surface area (Å²) in [7, 11) is 0. The molecule has 0 aliphatic heterocycles. The molecule has 6 nitrogen and oxygen atoms in total. The molecule has 0 unspecified atom stereocenters. The highest BCUT2D eigenvalue weighted by molar-refractivity contribution is 7.12. The van der Waals surface area contributed by atoms with Crippen molar-refractivity contribution in [3.8, 4) is 0 Å². The van der Waals surface area contributed by atoms with E-state index in [-0.39, 0.29) is 11.6 Å². The van der Waals surface area contributed by atoms with E-state index in [9.17, 15) is 9.59 Å². The minimum Gasteiger partial charge on any atom is -0.321 e. The number of carbonyl (C=O) groups excluding carboxylic acids is 2. The normalized spacial score (nSPS) is 10.1. The van der Waals surface area contributed by atoms with Gasteiger partial charge in [0.2, 0.25) is 0 Å². The Balaban J connectivity index is 1.74. The van der Waals surface area contributed by atoms with Gasteiger partial charge in [0.25, 0.3) is 11.8 Å². The van der Waals surface area contributed by atoms with E-state index in [1.807, 2.05) is 18.2 Å². The molecule has 3 rings (SSSR count). The second kappa shape index (κ2) is 6.80. The zero-order chi connectivity index (χ0) is 16.1. The third kappa shape index (κ3) is 3.58. The summed E-state index contributed by atoms with van der Waals surface area (Å²) in [5, 5.41) is 7.21. The molecule has 0 aliphatic rings. The number of hydrogen-bond donors (Lipinski definition) is 2. The number of hydrogen-bond acceptors (Lipinski definition) is 5. The van der Waals surface area contributed by atoms with Gasteiger partial charge in [-0.1, -0.05) is 18.2 Å². The molecule has 0 spiro atoms. The number of anilines is 2. The maximum absolute atomic E-state index is 12.3. The fraction of sp³-hybridized carbons (Fsp3) is 0. The quantitative estimate of drug-likeness (QED) is 0.772. The van der Waals surface area contributed by atoms with E-state index in [1.54, 1.807) is 23.6 Å². The van der Waals surface area contributed by atoms with Crippen molar-refractivity contribution in [2.24, 2.45) is 0 Å². The highest BCUT2D eigenvalue weighted by atomic mass is 32.1. The van der Waals surface area contributed by atoms with Crippen LogP contribution in [0.2, 0.25) is 0 Å². The lowest BCUT2D eigenvalue weighted by Crippen LogP contribution is -2.17. The number of carbonyl (C=O) groups is 2. The Morgan fingerprint density at radius 1 is 0.957 bits per heavy atom. The fourth-order valence-corrected chi connectivity index (χ4v) is 2.64. The van der Waals surface area contributed by atoms with Crippen molar-refractivity contribution in [3.63, 3.8) is 0 Å². The number of benzene rings is 1. The van der Waals surface area contributed by atoms with Crippen LogP contribution in [0.25, 0.3) is 0 Å². The summed E-state index contributed by atoms with van der Waals surface area (Å²) >= 11 is 1.25. The summed E-state index contributed by atoms with van der Waals surface area (Å²) in [5.74, 6) is -0.689. The molecule has 0 bridgehead atoms. The summed E-state index contributed by atoms with van der Waals surface area (Å²) in [4.78, 5) is 32.6. The van der Waals surface area contributed by atoms with Crippen LogP contribution in [-0.4, -0.2) is 21.8 Å². The van der Waals surface area contributed by atoms with Gasteiger partial charge in [0.15, 0.2) is 0 Å². The molecule has 0 atom stereocenters. The molecule has 0 aliphatic carbocycles. The highest BCUT2D eigenvalue weighted by Crippen LogP contribution is 2.24. The molecule has 0 radical (unpaired) electrons. The highest BCUT2D eigenvalue weighted by Gasteiger charge is 2.16. The summed E-state index contributed by atoms with van der Waals surface area (Å²) in [6.45, 7) is 0. The zero-order valence-corrected chi connectivity index (χ0v) is 12.7. The number of amides is 2. The SMILES string of the molecule is O=C(Nc1ccsc1C(=O)Nc1ccccc1)c1cnccn1. The van der Waals surface area contributed by atoms with Crippen molar-refractivity contribution in [2.45, 2.75) is 0 Å². The third-order valence-corrected chi connectivity index (χ3v) is 3.86. The second-order valence-corrected chi connectivity index (χ2v) is 5.44. The largest absolute Gasteiger partial charge is 0.321 e. The maximum Gasteiger partial charge on any atom is 0.275 e. The molecule has 23 heavy (non-hydrogen) atoms. The van der Waals surface area contributed by atoms with Crippen LogP contribution in [0.3, 0.4) is 0 Å². The minimum absolute atomic E-state index is 0.188. The Morgan fingerprint density at radius 2 is 1.78 bits per heavy atom. The van der Waals surface area contributed by atoms with Crippen molar-refractivity contribution in [2.75, 3.05) is 10.6 Å². The molecular formula is C16H12N4O2S. The Morgan fingerprint density at radius 3 is 2.52 bits per heavy atom. The molecular weight excluding hydrogens is 312 g/mol. The van der Waals surface area contributed by atoms with Crippen LogP contribution in [0.4, 0.5) is 11.4 Å². The van der Waals surface area contributed by atoms with Crippen LogP contribution >= 0.6 is 11.3 Å². The molecule has 2 N–H and O–H groups in total. The van der Waals surface area contributed by atoms with Crippen molar-refractivity contribution in [1.29, 1.82) is 0 Å². The van der Waals surface area contributed by atoms with Gasteiger partial charge in [-0.05, 0) is 23.6 Å². The van der Waals surface area contributed by atoms with Crippen LogP contribution in [0, 0.1) is 0 Å². The number of thiophene rings is 1. The van der Waals surface area contributed by atoms with E-state index in [4.69, 9.17) is 0 Å². The summed E-state index contributed by atoms with van der Waals surface area (Å²) in [6, 6.07) is 10.8. The zero-order valence-electron chi connectivity index (χ0n) is 11.9. The average molecular weight is 324 g/mol. The van der Waals surface area contributed by atoms with E-state index >= 15 is 0 Å². The lowest BCUT2D eigenvalue weighted by molar-refractivity contribution is 0.102. The van der Waals surface area contributed by atoms with Crippen LogP contribution in [0.1, 0.15) is 20.2 Å². The Kier molecular flexibility index (Phi) is 4.39. The molecule has 2 aromatic heterocycles. The topological polar surface area (TPSA) is 84.0 Å². The number of nitrogens with one attached hydrogen (secondary N) is 2. The first kappa shape index (κ1) is 14.9. The summed E-state index contributed by atoms with van der Waals surface area (Å²) in [6.07, 6.45) is 4.29. The molecule has 0 saturated heterocycles. The van der Waals surface area contributed by atoms with Crippen LogP contribution < -0.4 is 10.6 Å². The third-order valence-electron chi connectivity index (χ3n) is 2.95. The van der Waals surface area contributed by atoms with Gasteiger partial charge in [-0.25, -0.2) is 4.98 Å². The Labute approximate surface area is 136 Å². The standard InChI is InChI=1S/C16H12N4O2S/c21-15(13-10-17-7-8-18-13)20-12-6-9-23-14(12)16(22)19-11-4-2-1-3-5-11/h1-10H,(H,19,22)(H,20,21). The maximum atomic E-state index is 12.3. The Bertz CT molecular complexity index is 818. The number of nitrogens with zero attached hydrogens (tertiary/aromatic N) is 2. The first-order valence-electron chi connectivity index (χ1n) is 6.75. The van der Waals surface area contributed by atoms with E-state index in [1.165, 1.54) is 29.9 Å². The van der Waals surface area contributed by atoms with Gasteiger partial charge in [0.05, 0.1) is 11.9 Å². The van der Waals surface area contributed by atoms with Crippen molar-refractivity contribution in [3.05, 3.63) is 70.9 Å². The Hall–Kier alpha value is -3.06. The summed E-state index contributed by atoms with van der Waals surface area (Å²) < 4.78 is 0. The molecule has 0 fully saturated rings. The molecule has 3 aromatic rings. The van der Waals surface area contributed by atoms with E-state index < -0.39 is 5.91 Å². The average Bonchev–Trinajstić information content (AvgIpc) is 3.05. The van der Waals surface area contributed by atoms with Crippen molar-refractivity contribution in [1.82, 2.24) is 9.97 Å². The number of rotatable bonds is 4. The van der Waals surface area contributed by atoms with E-state index in [0.29, 0.717) is 16.3 Å². The van der Waals surface area contributed by atoms with Gasteiger partial charge in [0, 0.05) is 18.1 Å². The monoisotopic (exact) mass is 324 g/mol. The van der Waals surface area contributed by atoms with Crippen molar-refractivity contribution < 1.29 is 9.59 Å². The molecule has 2 amide bonds. The first-order valence-corrected chi connectivity index (χ1v) is 7.63. The van der Waals surface area contributed by atoms with Crippen LogP contribution in [0.15, 0.2) is 60.4 Å². The lowest BCUT2D eigenvalue weighted by atomic mass is 10.3. The number of aromatic nitrogens is 2.